The Morgan fingerprint density at radius 3 is 2.72 bits per heavy atom. The summed E-state index contributed by atoms with van der Waals surface area (Å²) in [5.41, 5.74) is 0.371. The van der Waals surface area contributed by atoms with Crippen LogP contribution >= 0.6 is 0 Å². The summed E-state index contributed by atoms with van der Waals surface area (Å²) in [6, 6.07) is 3.34. The molecule has 7 heteroatoms. The number of carbonyl (C=O) groups is 2. The van der Waals surface area contributed by atoms with Crippen molar-refractivity contribution >= 4 is 11.8 Å². The summed E-state index contributed by atoms with van der Waals surface area (Å²) in [5.74, 6) is 0.593. The molecule has 1 saturated carbocycles. The third kappa shape index (κ3) is 6.70. The predicted octanol–water partition coefficient (Wildman–Crippen LogP) is 1.53. The number of carbonyl (C=O) groups excluding carboxylic acids is 2. The first kappa shape index (κ1) is 19.2. The van der Waals surface area contributed by atoms with Crippen molar-refractivity contribution in [3.05, 3.63) is 23.9 Å². The summed E-state index contributed by atoms with van der Waals surface area (Å²) in [5, 5.41) is 5.63. The lowest BCUT2D eigenvalue weighted by atomic mass is 10.0. The van der Waals surface area contributed by atoms with Crippen molar-refractivity contribution in [1.29, 1.82) is 0 Å². The van der Waals surface area contributed by atoms with Gasteiger partial charge in [0.1, 0.15) is 12.2 Å². The van der Waals surface area contributed by atoms with E-state index in [9.17, 15) is 9.59 Å². The van der Waals surface area contributed by atoms with Crippen LogP contribution in [0.15, 0.2) is 18.3 Å². The number of nitrogens with zero attached hydrogens (tertiary/aromatic N) is 1. The lowest BCUT2D eigenvalue weighted by molar-refractivity contribution is -0.121. The second-order valence-corrected chi connectivity index (χ2v) is 6.16. The minimum atomic E-state index is -0.273. The molecule has 0 atom stereocenters. The number of rotatable bonds is 10. The number of aromatic nitrogens is 1. The van der Waals surface area contributed by atoms with Gasteiger partial charge in [-0.15, -0.1) is 0 Å². The van der Waals surface area contributed by atoms with Crippen LogP contribution in [0.2, 0.25) is 0 Å². The Morgan fingerprint density at radius 2 is 1.96 bits per heavy atom. The van der Waals surface area contributed by atoms with Gasteiger partial charge in [-0.1, -0.05) is 12.8 Å². The van der Waals surface area contributed by atoms with Crippen LogP contribution in [0.3, 0.4) is 0 Å². The fraction of sp³-hybridized carbons (Fsp3) is 0.611. The van der Waals surface area contributed by atoms with Crippen molar-refractivity contribution in [3.8, 4) is 5.88 Å². The van der Waals surface area contributed by atoms with Gasteiger partial charge in [-0.05, 0) is 30.9 Å². The van der Waals surface area contributed by atoms with E-state index < -0.39 is 0 Å². The largest absolute Gasteiger partial charge is 0.475 e. The highest BCUT2D eigenvalue weighted by Crippen LogP contribution is 2.27. The molecule has 1 aromatic heterocycles. The average molecular weight is 349 g/mol. The molecule has 1 fully saturated rings. The second-order valence-electron chi connectivity index (χ2n) is 6.16. The molecule has 0 unspecified atom stereocenters. The fourth-order valence-corrected chi connectivity index (χ4v) is 2.92. The molecule has 0 radical (unpaired) electrons. The van der Waals surface area contributed by atoms with Crippen LogP contribution in [0.4, 0.5) is 0 Å². The molecule has 2 rings (SSSR count). The van der Waals surface area contributed by atoms with Crippen molar-refractivity contribution in [2.75, 3.05) is 33.4 Å². The normalized spacial score (nSPS) is 14.3. The van der Waals surface area contributed by atoms with Crippen molar-refractivity contribution in [2.45, 2.75) is 32.1 Å². The molecule has 138 valence electrons. The molecule has 1 heterocycles. The molecule has 0 aromatic carbocycles. The lowest BCUT2D eigenvalue weighted by Gasteiger charge is -2.12. The number of methoxy groups -OCH3 is 1. The van der Waals surface area contributed by atoms with Crippen LogP contribution in [-0.2, 0) is 9.53 Å². The average Bonchev–Trinajstić information content (AvgIpc) is 3.12. The van der Waals surface area contributed by atoms with E-state index in [1.165, 1.54) is 12.8 Å². The number of hydrogen-bond donors (Lipinski definition) is 2. The zero-order valence-electron chi connectivity index (χ0n) is 14.8. The van der Waals surface area contributed by atoms with E-state index in [-0.39, 0.29) is 17.7 Å². The molecule has 2 amide bonds. The van der Waals surface area contributed by atoms with E-state index in [2.05, 4.69) is 15.6 Å². The fourth-order valence-electron chi connectivity index (χ4n) is 2.92. The summed E-state index contributed by atoms with van der Waals surface area (Å²) in [6.07, 6.45) is 6.92. The molecule has 1 aliphatic carbocycles. The third-order valence-electron chi connectivity index (χ3n) is 4.22. The number of pyridine rings is 1. The highest BCUT2D eigenvalue weighted by molar-refractivity contribution is 5.96. The van der Waals surface area contributed by atoms with Gasteiger partial charge in [-0.2, -0.15) is 0 Å². The molecule has 0 spiro atoms. The highest BCUT2D eigenvalue weighted by atomic mass is 16.5. The van der Waals surface area contributed by atoms with Crippen LogP contribution in [-0.4, -0.2) is 50.2 Å². The lowest BCUT2D eigenvalue weighted by Crippen LogP contribution is -2.35. The Hall–Kier alpha value is -2.15. The van der Waals surface area contributed by atoms with Crippen molar-refractivity contribution < 1.29 is 19.1 Å². The van der Waals surface area contributed by atoms with Gasteiger partial charge < -0.3 is 20.1 Å². The maximum atomic E-state index is 12.2. The molecule has 2 N–H and O–H groups in total. The molecular formula is C18H27N3O4. The number of amides is 2. The van der Waals surface area contributed by atoms with Crippen LogP contribution in [0.5, 0.6) is 5.88 Å². The maximum Gasteiger partial charge on any atom is 0.256 e. The Bertz CT molecular complexity index is 559. The van der Waals surface area contributed by atoms with E-state index in [4.69, 9.17) is 9.47 Å². The Balaban J connectivity index is 1.70. The molecule has 1 aliphatic rings. The van der Waals surface area contributed by atoms with Gasteiger partial charge >= 0.3 is 0 Å². The SMILES string of the molecule is COCCOc1ncccc1C(=O)NCCNC(=O)CC1CCCC1. The van der Waals surface area contributed by atoms with E-state index >= 15 is 0 Å². The first-order valence-corrected chi connectivity index (χ1v) is 8.82. The van der Waals surface area contributed by atoms with Crippen LogP contribution in [0.1, 0.15) is 42.5 Å². The Kier molecular flexibility index (Phi) is 8.18. The zero-order chi connectivity index (χ0) is 17.9. The third-order valence-corrected chi connectivity index (χ3v) is 4.22. The van der Waals surface area contributed by atoms with Crippen molar-refractivity contribution in [1.82, 2.24) is 15.6 Å². The first-order valence-electron chi connectivity index (χ1n) is 8.82. The van der Waals surface area contributed by atoms with Crippen LogP contribution < -0.4 is 15.4 Å². The van der Waals surface area contributed by atoms with E-state index in [0.29, 0.717) is 44.2 Å². The molecule has 0 aliphatic heterocycles. The highest BCUT2D eigenvalue weighted by Gasteiger charge is 2.18. The summed E-state index contributed by atoms with van der Waals surface area (Å²) in [7, 11) is 1.58. The van der Waals surface area contributed by atoms with Gasteiger partial charge in [0.25, 0.3) is 5.91 Å². The summed E-state index contributed by atoms with van der Waals surface area (Å²) < 4.78 is 10.4. The van der Waals surface area contributed by atoms with Crippen molar-refractivity contribution in [3.63, 3.8) is 0 Å². The minimum Gasteiger partial charge on any atom is -0.475 e. The summed E-state index contributed by atoms with van der Waals surface area (Å²) >= 11 is 0. The number of nitrogens with one attached hydrogen (secondary N) is 2. The van der Waals surface area contributed by atoms with Gasteiger partial charge in [0, 0.05) is 32.8 Å². The summed E-state index contributed by atoms with van der Waals surface area (Å²) in [6.45, 7) is 1.52. The van der Waals surface area contributed by atoms with Gasteiger partial charge in [-0.3, -0.25) is 9.59 Å². The quantitative estimate of drug-likeness (QED) is 0.625. The molecule has 1 aromatic rings. The topological polar surface area (TPSA) is 89.6 Å². The van der Waals surface area contributed by atoms with Crippen molar-refractivity contribution in [2.24, 2.45) is 5.92 Å². The Morgan fingerprint density at radius 1 is 1.20 bits per heavy atom. The van der Waals surface area contributed by atoms with E-state index in [1.807, 2.05) is 0 Å². The standard InChI is InChI=1S/C18H27N3O4/c1-24-11-12-25-18-15(7-4-8-21-18)17(23)20-10-9-19-16(22)13-14-5-2-3-6-14/h4,7-8,14H,2-3,5-6,9-13H2,1H3,(H,19,22)(H,20,23). The smallest absolute Gasteiger partial charge is 0.256 e. The Labute approximate surface area is 148 Å². The number of ether oxygens (including phenoxy) is 2. The molecular weight excluding hydrogens is 322 g/mol. The van der Waals surface area contributed by atoms with Gasteiger partial charge in [0.2, 0.25) is 11.8 Å². The maximum absolute atomic E-state index is 12.2. The van der Waals surface area contributed by atoms with Gasteiger partial charge in [0.05, 0.1) is 6.61 Å². The van der Waals surface area contributed by atoms with Gasteiger partial charge in [-0.25, -0.2) is 4.98 Å². The van der Waals surface area contributed by atoms with Crippen LogP contribution in [0.25, 0.3) is 0 Å². The molecule has 0 bridgehead atoms. The van der Waals surface area contributed by atoms with Gasteiger partial charge in [0.15, 0.2) is 0 Å². The monoisotopic (exact) mass is 349 g/mol. The first-order chi connectivity index (χ1) is 12.2. The zero-order valence-corrected chi connectivity index (χ0v) is 14.8. The van der Waals surface area contributed by atoms with E-state index in [1.54, 1.807) is 25.4 Å². The summed E-state index contributed by atoms with van der Waals surface area (Å²) in [4.78, 5) is 28.2. The molecule has 25 heavy (non-hydrogen) atoms. The molecule has 0 saturated heterocycles. The van der Waals surface area contributed by atoms with E-state index in [0.717, 1.165) is 12.8 Å². The van der Waals surface area contributed by atoms with Crippen LogP contribution in [0, 0.1) is 5.92 Å². The second kappa shape index (κ2) is 10.7. The minimum absolute atomic E-state index is 0.0612. The predicted molar refractivity (Wildman–Crippen MR) is 93.5 cm³/mol. The molecule has 7 nitrogen and oxygen atoms in total. The number of hydrogen-bond acceptors (Lipinski definition) is 5.